The lowest BCUT2D eigenvalue weighted by Crippen LogP contribution is -2.17. The van der Waals surface area contributed by atoms with Crippen molar-refractivity contribution in [1.29, 1.82) is 0 Å². The molecule has 1 unspecified atom stereocenters. The molecule has 21 heavy (non-hydrogen) atoms. The lowest BCUT2D eigenvalue weighted by molar-refractivity contribution is -0.0944. The van der Waals surface area contributed by atoms with Crippen LogP contribution >= 0.6 is 0 Å². The number of halogens is 3. The molecule has 2 aromatic heterocycles. The molecule has 2 aromatic rings. The van der Waals surface area contributed by atoms with E-state index in [-0.39, 0.29) is 12.2 Å². The quantitative estimate of drug-likeness (QED) is 0.870. The number of pyridine rings is 1. The standard InChI is InChI=1S/C15H14F3N3/c1-9-4-2-7-12-20-14(19)13(21(9)12)10-5-3-6-11(8-10)15(16,17)18/h2-7,10H,8,19H2,1H3. The van der Waals surface area contributed by atoms with Crippen molar-refractivity contribution in [3.63, 3.8) is 0 Å². The number of imidazole rings is 1. The molecule has 0 spiro atoms. The Hall–Kier alpha value is -2.24. The maximum absolute atomic E-state index is 12.9. The van der Waals surface area contributed by atoms with Gasteiger partial charge < -0.3 is 5.73 Å². The molecule has 1 aliphatic carbocycles. The van der Waals surface area contributed by atoms with E-state index in [9.17, 15) is 13.2 Å². The van der Waals surface area contributed by atoms with Gasteiger partial charge in [-0.05, 0) is 25.5 Å². The second-order valence-electron chi connectivity index (χ2n) is 5.13. The molecule has 0 aliphatic heterocycles. The van der Waals surface area contributed by atoms with Crippen LogP contribution in [0.15, 0.2) is 42.0 Å². The maximum Gasteiger partial charge on any atom is 0.412 e. The normalized spacial score (nSPS) is 19.0. The van der Waals surface area contributed by atoms with Crippen molar-refractivity contribution in [2.45, 2.75) is 25.4 Å². The molecule has 0 fully saturated rings. The Morgan fingerprint density at radius 2 is 2.10 bits per heavy atom. The van der Waals surface area contributed by atoms with Gasteiger partial charge in [0, 0.05) is 17.2 Å². The summed E-state index contributed by atoms with van der Waals surface area (Å²) in [6.45, 7) is 1.88. The van der Waals surface area contributed by atoms with E-state index in [1.54, 1.807) is 12.1 Å². The fourth-order valence-electron chi connectivity index (χ4n) is 2.73. The number of rotatable bonds is 1. The van der Waals surface area contributed by atoms with Gasteiger partial charge >= 0.3 is 6.18 Å². The van der Waals surface area contributed by atoms with Gasteiger partial charge in [0.25, 0.3) is 0 Å². The van der Waals surface area contributed by atoms with Crippen LogP contribution in [0.5, 0.6) is 0 Å². The van der Waals surface area contributed by atoms with E-state index in [0.29, 0.717) is 11.3 Å². The van der Waals surface area contributed by atoms with E-state index in [4.69, 9.17) is 5.73 Å². The number of aromatic nitrogens is 2. The third-order valence-corrected chi connectivity index (χ3v) is 3.70. The van der Waals surface area contributed by atoms with Gasteiger partial charge in [-0.25, -0.2) is 4.98 Å². The Bertz CT molecular complexity index is 753. The Kier molecular flexibility index (Phi) is 3.04. The first-order valence-electron chi connectivity index (χ1n) is 6.56. The minimum Gasteiger partial charge on any atom is -0.382 e. The molecule has 6 heteroatoms. The van der Waals surface area contributed by atoms with Gasteiger partial charge in [-0.15, -0.1) is 0 Å². The molecule has 1 aliphatic rings. The fraction of sp³-hybridized carbons (Fsp3) is 0.267. The predicted molar refractivity (Wildman–Crippen MR) is 75.0 cm³/mol. The van der Waals surface area contributed by atoms with Gasteiger partial charge in [0.05, 0.1) is 5.69 Å². The number of nitrogens with zero attached hydrogens (tertiary/aromatic N) is 2. The molecule has 0 amide bonds. The SMILES string of the molecule is Cc1cccc2nc(N)c(C3C=CC=C(C(F)(F)F)C3)n12. The third kappa shape index (κ3) is 2.30. The highest BCUT2D eigenvalue weighted by Gasteiger charge is 2.36. The second kappa shape index (κ2) is 4.65. The van der Waals surface area contributed by atoms with Crippen LogP contribution in [0.3, 0.4) is 0 Å². The summed E-state index contributed by atoms with van der Waals surface area (Å²) in [7, 11) is 0. The molecule has 0 aromatic carbocycles. The van der Waals surface area contributed by atoms with Crippen molar-refractivity contribution in [2.75, 3.05) is 5.73 Å². The molecule has 110 valence electrons. The Morgan fingerprint density at radius 1 is 1.33 bits per heavy atom. The number of fused-ring (bicyclic) bond motifs is 1. The van der Waals surface area contributed by atoms with E-state index >= 15 is 0 Å². The van der Waals surface area contributed by atoms with Crippen LogP contribution in [-0.4, -0.2) is 15.6 Å². The summed E-state index contributed by atoms with van der Waals surface area (Å²) in [6.07, 6.45) is -0.141. The summed E-state index contributed by atoms with van der Waals surface area (Å²) < 4.78 is 40.5. The molecule has 3 rings (SSSR count). The smallest absolute Gasteiger partial charge is 0.382 e. The van der Waals surface area contributed by atoms with Crippen molar-refractivity contribution in [3.05, 3.63) is 53.4 Å². The number of alkyl halides is 3. The van der Waals surface area contributed by atoms with Gasteiger partial charge in [-0.2, -0.15) is 13.2 Å². The summed E-state index contributed by atoms with van der Waals surface area (Å²) in [5.41, 5.74) is 7.56. The minimum absolute atomic E-state index is 0.119. The molecular formula is C15H14F3N3. The average molecular weight is 293 g/mol. The summed E-state index contributed by atoms with van der Waals surface area (Å²) in [4.78, 5) is 4.24. The number of aryl methyl sites for hydroxylation is 1. The minimum atomic E-state index is -4.31. The van der Waals surface area contributed by atoms with E-state index in [2.05, 4.69) is 4.98 Å². The summed E-state index contributed by atoms with van der Waals surface area (Å²) in [5, 5.41) is 0. The Balaban J connectivity index is 2.09. The number of nitrogen functional groups attached to an aromatic ring is 1. The van der Waals surface area contributed by atoms with Crippen LogP contribution in [0.25, 0.3) is 5.65 Å². The highest BCUT2D eigenvalue weighted by Crippen LogP contribution is 2.39. The van der Waals surface area contributed by atoms with Crippen molar-refractivity contribution >= 4 is 11.5 Å². The lowest BCUT2D eigenvalue weighted by atomic mass is 9.91. The third-order valence-electron chi connectivity index (χ3n) is 3.70. The van der Waals surface area contributed by atoms with Crippen LogP contribution in [0.4, 0.5) is 19.0 Å². The van der Waals surface area contributed by atoms with Crippen LogP contribution in [0, 0.1) is 6.92 Å². The largest absolute Gasteiger partial charge is 0.412 e. The maximum atomic E-state index is 12.9. The average Bonchev–Trinajstić information content (AvgIpc) is 2.75. The zero-order valence-corrected chi connectivity index (χ0v) is 11.4. The zero-order chi connectivity index (χ0) is 15.2. The highest BCUT2D eigenvalue weighted by atomic mass is 19.4. The van der Waals surface area contributed by atoms with E-state index in [1.165, 1.54) is 6.08 Å². The van der Waals surface area contributed by atoms with Gasteiger partial charge in [0.15, 0.2) is 0 Å². The topological polar surface area (TPSA) is 43.3 Å². The number of nitrogens with two attached hydrogens (primary N) is 1. The molecule has 0 bridgehead atoms. The van der Waals surface area contributed by atoms with Crippen molar-refractivity contribution in [3.8, 4) is 0 Å². The number of anilines is 1. The molecule has 0 saturated carbocycles. The first-order chi connectivity index (χ1) is 9.88. The van der Waals surface area contributed by atoms with Crippen LogP contribution in [-0.2, 0) is 0 Å². The van der Waals surface area contributed by atoms with Crippen LogP contribution < -0.4 is 5.73 Å². The summed E-state index contributed by atoms with van der Waals surface area (Å²) >= 11 is 0. The molecule has 2 N–H and O–H groups in total. The Labute approximate surface area is 119 Å². The van der Waals surface area contributed by atoms with Gasteiger partial charge in [0.2, 0.25) is 0 Å². The monoisotopic (exact) mass is 293 g/mol. The number of hydrogen-bond donors (Lipinski definition) is 1. The highest BCUT2D eigenvalue weighted by molar-refractivity contribution is 5.55. The lowest BCUT2D eigenvalue weighted by Gasteiger charge is -2.21. The molecule has 3 nitrogen and oxygen atoms in total. The molecular weight excluding hydrogens is 279 g/mol. The summed E-state index contributed by atoms with van der Waals surface area (Å²) in [6, 6.07) is 5.52. The van der Waals surface area contributed by atoms with Crippen LogP contribution in [0.1, 0.15) is 23.7 Å². The van der Waals surface area contributed by atoms with E-state index in [0.717, 1.165) is 11.8 Å². The molecule has 0 radical (unpaired) electrons. The number of allylic oxidation sites excluding steroid dienone is 4. The zero-order valence-electron chi connectivity index (χ0n) is 11.4. The van der Waals surface area contributed by atoms with Gasteiger partial charge in [0.1, 0.15) is 11.5 Å². The first-order valence-corrected chi connectivity index (χ1v) is 6.56. The summed E-state index contributed by atoms with van der Waals surface area (Å²) in [5.74, 6) is -0.148. The van der Waals surface area contributed by atoms with E-state index in [1.807, 2.05) is 23.5 Å². The van der Waals surface area contributed by atoms with Crippen LogP contribution in [0.2, 0.25) is 0 Å². The molecule has 2 heterocycles. The fourth-order valence-corrected chi connectivity index (χ4v) is 2.73. The van der Waals surface area contributed by atoms with Crippen molar-refractivity contribution in [2.24, 2.45) is 0 Å². The van der Waals surface area contributed by atoms with Crippen molar-refractivity contribution in [1.82, 2.24) is 9.38 Å². The first kappa shape index (κ1) is 13.7. The molecule has 1 atom stereocenters. The number of hydrogen-bond acceptors (Lipinski definition) is 2. The van der Waals surface area contributed by atoms with Gasteiger partial charge in [-0.1, -0.05) is 24.3 Å². The van der Waals surface area contributed by atoms with Gasteiger partial charge in [-0.3, -0.25) is 4.40 Å². The van der Waals surface area contributed by atoms with Crippen molar-refractivity contribution < 1.29 is 13.2 Å². The molecule has 0 saturated heterocycles. The van der Waals surface area contributed by atoms with E-state index < -0.39 is 17.7 Å². The Morgan fingerprint density at radius 3 is 2.81 bits per heavy atom. The second-order valence-corrected chi connectivity index (χ2v) is 5.13. The predicted octanol–water partition coefficient (Wildman–Crippen LogP) is 3.76.